The van der Waals surface area contributed by atoms with Crippen molar-refractivity contribution >= 4 is 45.7 Å². The van der Waals surface area contributed by atoms with Gasteiger partial charge in [0.05, 0.1) is 60.7 Å². The van der Waals surface area contributed by atoms with Crippen LogP contribution in [0.1, 0.15) is 216 Å². The molecular formula is C58H72N6O8. The van der Waals surface area contributed by atoms with Crippen molar-refractivity contribution in [1.82, 2.24) is 29.9 Å². The topological polar surface area (TPSA) is 194 Å². The molecule has 1 aromatic carbocycles. The first-order chi connectivity index (χ1) is 34.9. The molecule has 0 aliphatic carbocycles. The monoisotopic (exact) mass is 981 g/mol. The summed E-state index contributed by atoms with van der Waals surface area (Å²) in [6.07, 6.45) is 4.84. The Labute approximate surface area is 422 Å². The predicted octanol–water partition coefficient (Wildman–Crippen LogP) is 11.7. The van der Waals surface area contributed by atoms with Crippen LogP contribution in [0.4, 0.5) is 0 Å². The lowest BCUT2D eigenvalue weighted by Gasteiger charge is -2.21. The number of fused-ring (bicyclic) bond motifs is 3. The van der Waals surface area contributed by atoms with E-state index in [1.165, 1.54) is 0 Å². The number of rotatable bonds is 22. The molecule has 0 saturated carbocycles. The standard InChI is InChI=1S/C58H72N6O8/c1-13-33-37(17-5)51(55(65)69-21-9)61-47(33)43(48-34(14-2)38(18-6)52(62-48)56(66)70-22-10)41-29-27-31-25-26-32-28-30-42(60-46(32)45(31)59-41)44(49-35(15-3)39(19-7)53(63-49)57(67)71-23-11)50-36(16-4)40(20-8)54(64-50)58(68)72-24-12/h25-30,43-44,61-64H,13-24H2,1-12H3. The molecule has 7 aromatic rings. The summed E-state index contributed by atoms with van der Waals surface area (Å²) < 4.78 is 22.4. The minimum Gasteiger partial charge on any atom is -0.461 e. The molecule has 0 amide bonds. The maximum absolute atomic E-state index is 13.7. The molecule has 0 aliphatic heterocycles. The van der Waals surface area contributed by atoms with Gasteiger partial charge in [-0.05, 0) is 136 Å². The Bertz CT molecular complexity index is 2780. The molecule has 0 aliphatic rings. The van der Waals surface area contributed by atoms with Gasteiger partial charge in [0.25, 0.3) is 0 Å². The van der Waals surface area contributed by atoms with Crippen LogP contribution in [0.5, 0.6) is 0 Å². The second-order valence-electron chi connectivity index (χ2n) is 17.7. The number of aromatic nitrogens is 6. The molecule has 72 heavy (non-hydrogen) atoms. The Morgan fingerprint density at radius 2 is 0.583 bits per heavy atom. The van der Waals surface area contributed by atoms with Crippen LogP contribution < -0.4 is 0 Å². The third kappa shape index (κ3) is 9.47. The SMILES string of the molecule is CCOC(=O)c1[nH]c(C(c2ccc3ccc4ccc(C(c5[nH]c(C(=O)OCC)c(CC)c5CC)c5[nH]c(C(=O)OCC)c(CC)c5CC)nc4c3n2)c2[nH]c(C(=O)OCC)c(CC)c2CC)c(CC)c1CC. The van der Waals surface area contributed by atoms with Crippen molar-refractivity contribution in [2.45, 2.75) is 146 Å². The average Bonchev–Trinajstić information content (AvgIpc) is 4.16. The highest BCUT2D eigenvalue weighted by Crippen LogP contribution is 2.43. The van der Waals surface area contributed by atoms with E-state index in [9.17, 15) is 19.2 Å². The number of carbonyl (C=O) groups is 4. The number of hydrogen-bond donors (Lipinski definition) is 4. The minimum absolute atomic E-state index is 0.224. The van der Waals surface area contributed by atoms with E-state index in [-0.39, 0.29) is 26.4 Å². The van der Waals surface area contributed by atoms with Gasteiger partial charge in [-0.2, -0.15) is 0 Å². The van der Waals surface area contributed by atoms with Crippen LogP contribution in [0, 0.1) is 0 Å². The quantitative estimate of drug-likeness (QED) is 0.0288. The van der Waals surface area contributed by atoms with Gasteiger partial charge >= 0.3 is 23.9 Å². The van der Waals surface area contributed by atoms with E-state index in [2.05, 4.69) is 59.8 Å². The molecule has 6 aromatic heterocycles. The summed E-state index contributed by atoms with van der Waals surface area (Å²) in [6.45, 7) is 24.6. The van der Waals surface area contributed by atoms with Crippen LogP contribution in [0.15, 0.2) is 36.4 Å². The molecule has 0 unspecified atom stereocenters. The van der Waals surface area contributed by atoms with Crippen molar-refractivity contribution in [3.63, 3.8) is 0 Å². The van der Waals surface area contributed by atoms with E-state index in [4.69, 9.17) is 28.9 Å². The number of ether oxygens (including phenoxy) is 4. The van der Waals surface area contributed by atoms with Gasteiger partial charge in [-0.25, -0.2) is 29.1 Å². The average molecular weight is 981 g/mol. The molecular weight excluding hydrogens is 909 g/mol. The number of pyridine rings is 2. The fourth-order valence-electron chi connectivity index (χ4n) is 11.1. The molecule has 7 rings (SSSR count). The van der Waals surface area contributed by atoms with Crippen LogP contribution in [-0.2, 0) is 70.3 Å². The lowest BCUT2D eigenvalue weighted by molar-refractivity contribution is 0.0509. The van der Waals surface area contributed by atoms with Gasteiger partial charge in [-0.15, -0.1) is 0 Å². The van der Waals surface area contributed by atoms with Crippen molar-refractivity contribution < 1.29 is 38.1 Å². The van der Waals surface area contributed by atoms with E-state index in [0.717, 1.165) is 78.1 Å². The molecule has 0 bridgehead atoms. The zero-order valence-corrected chi connectivity index (χ0v) is 44.3. The summed E-state index contributed by atoms with van der Waals surface area (Å²) in [5, 5.41) is 1.72. The van der Waals surface area contributed by atoms with Crippen molar-refractivity contribution in [2.75, 3.05) is 26.4 Å². The lowest BCUT2D eigenvalue weighted by Crippen LogP contribution is -2.13. The number of benzene rings is 1. The summed E-state index contributed by atoms with van der Waals surface area (Å²) in [6, 6.07) is 12.2. The molecule has 6 heterocycles. The highest BCUT2D eigenvalue weighted by molar-refractivity contribution is 6.03. The smallest absolute Gasteiger partial charge is 0.355 e. The first-order valence-electron chi connectivity index (χ1n) is 26.2. The first kappa shape index (κ1) is 52.9. The molecule has 0 radical (unpaired) electrons. The fraction of sp³-hybridized carbons (Fsp3) is 0.448. The fourth-order valence-corrected chi connectivity index (χ4v) is 11.1. The van der Waals surface area contributed by atoms with Gasteiger partial charge in [0.2, 0.25) is 0 Å². The maximum Gasteiger partial charge on any atom is 0.355 e. The number of nitrogens with zero attached hydrogens (tertiary/aromatic N) is 2. The van der Waals surface area contributed by atoms with Crippen molar-refractivity contribution in [2.24, 2.45) is 0 Å². The molecule has 4 N–H and O–H groups in total. The van der Waals surface area contributed by atoms with E-state index >= 15 is 0 Å². The molecule has 14 heteroatoms. The van der Waals surface area contributed by atoms with Crippen LogP contribution in [0.3, 0.4) is 0 Å². The summed E-state index contributed by atoms with van der Waals surface area (Å²) in [7, 11) is 0. The van der Waals surface area contributed by atoms with E-state index in [1.54, 1.807) is 27.7 Å². The first-order valence-corrected chi connectivity index (χ1v) is 26.2. The Morgan fingerprint density at radius 1 is 0.361 bits per heavy atom. The molecule has 0 fully saturated rings. The third-order valence-electron chi connectivity index (χ3n) is 14.1. The second kappa shape index (κ2) is 23.1. The summed E-state index contributed by atoms with van der Waals surface area (Å²) >= 11 is 0. The van der Waals surface area contributed by atoms with Gasteiger partial charge in [0.15, 0.2) is 0 Å². The van der Waals surface area contributed by atoms with Crippen LogP contribution in [0.2, 0.25) is 0 Å². The molecule has 0 saturated heterocycles. The normalized spacial score (nSPS) is 11.6. The number of hydrogen-bond acceptors (Lipinski definition) is 10. The van der Waals surface area contributed by atoms with Gasteiger partial charge in [0.1, 0.15) is 22.8 Å². The summed E-state index contributed by atoms with van der Waals surface area (Å²) in [5.41, 5.74) is 14.9. The zero-order valence-electron chi connectivity index (χ0n) is 44.3. The minimum atomic E-state index is -0.591. The number of aromatic amines is 4. The third-order valence-corrected chi connectivity index (χ3v) is 14.1. The highest BCUT2D eigenvalue weighted by Gasteiger charge is 2.36. The Balaban J connectivity index is 1.57. The number of nitrogens with one attached hydrogen (secondary N) is 4. The molecule has 0 atom stereocenters. The number of esters is 4. The Hall–Kier alpha value is -6.96. The Kier molecular flexibility index (Phi) is 16.9. The zero-order chi connectivity index (χ0) is 52.0. The summed E-state index contributed by atoms with van der Waals surface area (Å²) in [5.74, 6) is -2.89. The summed E-state index contributed by atoms with van der Waals surface area (Å²) in [4.78, 5) is 80.2. The van der Waals surface area contributed by atoms with Crippen molar-refractivity contribution in [1.29, 1.82) is 0 Å². The van der Waals surface area contributed by atoms with Crippen molar-refractivity contribution in [3.8, 4) is 0 Å². The second-order valence-corrected chi connectivity index (χ2v) is 17.7. The largest absolute Gasteiger partial charge is 0.461 e. The van der Waals surface area contributed by atoms with Crippen molar-refractivity contribution in [3.05, 3.63) is 138 Å². The highest BCUT2D eigenvalue weighted by atomic mass is 16.5. The molecule has 0 spiro atoms. The van der Waals surface area contributed by atoms with Gasteiger partial charge in [-0.3, -0.25) is 0 Å². The number of H-pyrrole nitrogens is 4. The van der Waals surface area contributed by atoms with Crippen LogP contribution in [-0.4, -0.2) is 80.2 Å². The van der Waals surface area contributed by atoms with E-state index in [0.29, 0.717) is 96.6 Å². The Morgan fingerprint density at radius 3 is 0.792 bits per heavy atom. The van der Waals surface area contributed by atoms with Crippen LogP contribution in [0.25, 0.3) is 21.8 Å². The van der Waals surface area contributed by atoms with Gasteiger partial charge in [-0.1, -0.05) is 79.7 Å². The van der Waals surface area contributed by atoms with Gasteiger partial charge in [0, 0.05) is 33.5 Å². The van der Waals surface area contributed by atoms with Gasteiger partial charge < -0.3 is 38.9 Å². The lowest BCUT2D eigenvalue weighted by atomic mass is 9.87. The number of carbonyl (C=O) groups excluding carboxylic acids is 4. The van der Waals surface area contributed by atoms with Crippen LogP contribution >= 0.6 is 0 Å². The maximum atomic E-state index is 13.7. The predicted molar refractivity (Wildman–Crippen MR) is 281 cm³/mol. The van der Waals surface area contributed by atoms with E-state index in [1.807, 2.05) is 52.0 Å². The van der Waals surface area contributed by atoms with E-state index < -0.39 is 35.7 Å². The molecule has 382 valence electrons. The molecule has 14 nitrogen and oxygen atoms in total.